The maximum Gasteiger partial charge on any atom is 0.230 e. The normalized spacial score (nSPS) is 13.3. The highest BCUT2D eigenvalue weighted by molar-refractivity contribution is 7.99. The Morgan fingerprint density at radius 2 is 1.89 bits per heavy atom. The molecule has 3 aromatic rings. The van der Waals surface area contributed by atoms with E-state index in [9.17, 15) is 15.0 Å². The van der Waals surface area contributed by atoms with Crippen LogP contribution < -0.4 is 5.32 Å². The van der Waals surface area contributed by atoms with Gasteiger partial charge in [0.2, 0.25) is 5.91 Å². The number of fused-ring (bicyclic) bond motifs is 1. The van der Waals surface area contributed by atoms with Gasteiger partial charge in [0.05, 0.1) is 28.4 Å². The Hall–Kier alpha value is -2.57. The van der Waals surface area contributed by atoms with Gasteiger partial charge in [-0.2, -0.15) is 0 Å². The number of nitrogens with zero attached hydrogens (tertiary/aromatic N) is 1. The highest BCUT2D eigenvalue weighted by Crippen LogP contribution is 2.24. The molecule has 1 amide bonds. The monoisotopic (exact) mass is 382 g/mol. The molecule has 2 aromatic carbocycles. The molecule has 0 aliphatic carbocycles. The molecule has 0 spiro atoms. The van der Waals surface area contributed by atoms with Crippen molar-refractivity contribution < 1.29 is 15.0 Å². The van der Waals surface area contributed by atoms with Crippen LogP contribution in [0.1, 0.15) is 24.2 Å². The fourth-order valence-corrected chi connectivity index (χ4v) is 3.65. The minimum absolute atomic E-state index is 0.136. The number of hydrogen-bond acceptors (Lipinski definition) is 5. The van der Waals surface area contributed by atoms with Gasteiger partial charge in [-0.05, 0) is 49.2 Å². The summed E-state index contributed by atoms with van der Waals surface area (Å²) in [5, 5.41) is 24.4. The van der Waals surface area contributed by atoms with Crippen LogP contribution in [0.2, 0.25) is 0 Å². The van der Waals surface area contributed by atoms with Crippen molar-refractivity contribution in [3.05, 3.63) is 65.7 Å². The molecule has 6 heteroatoms. The number of aromatic hydroxyl groups is 1. The highest BCUT2D eigenvalue weighted by Gasteiger charge is 2.18. The lowest BCUT2D eigenvalue weighted by Crippen LogP contribution is -2.38. The van der Waals surface area contributed by atoms with E-state index in [4.69, 9.17) is 0 Å². The van der Waals surface area contributed by atoms with Crippen molar-refractivity contribution in [3.8, 4) is 5.75 Å². The number of hydrogen-bond donors (Lipinski definition) is 3. The third-order valence-corrected chi connectivity index (χ3v) is 5.26. The average Bonchev–Trinajstić information content (AvgIpc) is 2.66. The lowest BCUT2D eigenvalue weighted by atomic mass is 10.0. The fraction of sp³-hybridized carbons (Fsp3) is 0.238. The fourth-order valence-electron chi connectivity index (χ4n) is 2.87. The molecule has 5 nitrogen and oxygen atoms in total. The third-order valence-electron chi connectivity index (χ3n) is 4.35. The average molecular weight is 382 g/mol. The summed E-state index contributed by atoms with van der Waals surface area (Å²) in [5.74, 6) is 0.187. The van der Waals surface area contributed by atoms with Crippen molar-refractivity contribution in [2.75, 3.05) is 5.75 Å². The van der Waals surface area contributed by atoms with E-state index in [1.54, 1.807) is 19.1 Å². The van der Waals surface area contributed by atoms with Crippen LogP contribution in [0.25, 0.3) is 10.9 Å². The number of pyridine rings is 1. The minimum atomic E-state index is -0.847. The summed E-state index contributed by atoms with van der Waals surface area (Å²) in [6.07, 6.45) is -0.847. The zero-order chi connectivity index (χ0) is 19.4. The van der Waals surface area contributed by atoms with Crippen molar-refractivity contribution in [2.45, 2.75) is 31.0 Å². The topological polar surface area (TPSA) is 82.5 Å². The first kappa shape index (κ1) is 19.2. The molecule has 0 radical (unpaired) electrons. The van der Waals surface area contributed by atoms with Crippen molar-refractivity contribution >= 4 is 28.6 Å². The SMILES string of the molecule is Cc1cc(SCC(=O)NC(C)C(O)c2ccc(O)cc2)nc2ccccc12. The van der Waals surface area contributed by atoms with Crippen LogP contribution in [0, 0.1) is 6.92 Å². The largest absolute Gasteiger partial charge is 0.508 e. The molecule has 2 atom stereocenters. The second-order valence-electron chi connectivity index (χ2n) is 6.48. The quantitative estimate of drug-likeness (QED) is 0.568. The van der Waals surface area contributed by atoms with E-state index in [1.165, 1.54) is 23.9 Å². The first-order valence-corrected chi connectivity index (χ1v) is 9.68. The lowest BCUT2D eigenvalue weighted by molar-refractivity contribution is -0.119. The van der Waals surface area contributed by atoms with E-state index in [2.05, 4.69) is 10.3 Å². The van der Waals surface area contributed by atoms with Crippen LogP contribution in [-0.4, -0.2) is 32.9 Å². The van der Waals surface area contributed by atoms with E-state index in [1.807, 2.05) is 37.3 Å². The summed E-state index contributed by atoms with van der Waals surface area (Å²) in [4.78, 5) is 16.8. The summed E-state index contributed by atoms with van der Waals surface area (Å²) in [7, 11) is 0. The molecule has 2 unspecified atom stereocenters. The third kappa shape index (κ3) is 4.78. The van der Waals surface area contributed by atoms with Gasteiger partial charge in [0, 0.05) is 5.39 Å². The van der Waals surface area contributed by atoms with Gasteiger partial charge in [-0.15, -0.1) is 0 Å². The first-order chi connectivity index (χ1) is 12.9. The zero-order valence-corrected chi connectivity index (χ0v) is 16.0. The maximum absolute atomic E-state index is 12.3. The van der Waals surface area contributed by atoms with E-state index in [0.29, 0.717) is 5.56 Å². The molecule has 0 bridgehead atoms. The zero-order valence-electron chi connectivity index (χ0n) is 15.2. The summed E-state index contributed by atoms with van der Waals surface area (Å²) in [5.41, 5.74) is 2.68. The molecule has 0 saturated heterocycles. The summed E-state index contributed by atoms with van der Waals surface area (Å²) in [6, 6.07) is 15.8. The number of aliphatic hydroxyl groups excluding tert-OH is 1. The first-order valence-electron chi connectivity index (χ1n) is 8.69. The number of rotatable bonds is 6. The van der Waals surface area contributed by atoms with E-state index in [-0.39, 0.29) is 17.4 Å². The van der Waals surface area contributed by atoms with Gasteiger partial charge in [0.25, 0.3) is 0 Å². The van der Waals surface area contributed by atoms with Gasteiger partial charge in [0.1, 0.15) is 5.75 Å². The van der Waals surface area contributed by atoms with Crippen LogP contribution in [0.4, 0.5) is 0 Å². The predicted octanol–water partition coefficient (Wildman–Crippen LogP) is 3.58. The summed E-state index contributed by atoms with van der Waals surface area (Å²) < 4.78 is 0. The molecule has 3 N–H and O–H groups in total. The molecule has 0 aliphatic rings. The van der Waals surface area contributed by atoms with Crippen molar-refractivity contribution in [3.63, 3.8) is 0 Å². The van der Waals surface area contributed by atoms with Crippen LogP contribution in [0.5, 0.6) is 5.75 Å². The second-order valence-corrected chi connectivity index (χ2v) is 7.47. The molecule has 0 aliphatic heterocycles. The van der Waals surface area contributed by atoms with Crippen LogP contribution >= 0.6 is 11.8 Å². The molecule has 1 aromatic heterocycles. The number of benzene rings is 2. The number of phenols is 1. The minimum Gasteiger partial charge on any atom is -0.508 e. The number of para-hydroxylation sites is 1. The van der Waals surface area contributed by atoms with E-state index in [0.717, 1.165) is 21.5 Å². The lowest BCUT2D eigenvalue weighted by Gasteiger charge is -2.20. The van der Waals surface area contributed by atoms with Gasteiger partial charge in [-0.3, -0.25) is 4.79 Å². The molecule has 1 heterocycles. The molecular weight excluding hydrogens is 360 g/mol. The number of phenolic OH excluding ortho intramolecular Hbond substituents is 1. The number of aryl methyl sites for hydroxylation is 1. The number of carbonyl (C=O) groups excluding carboxylic acids is 1. The van der Waals surface area contributed by atoms with Crippen LogP contribution in [0.3, 0.4) is 0 Å². The van der Waals surface area contributed by atoms with E-state index >= 15 is 0 Å². The second kappa shape index (κ2) is 8.41. The smallest absolute Gasteiger partial charge is 0.230 e. The van der Waals surface area contributed by atoms with Gasteiger partial charge < -0.3 is 15.5 Å². The van der Waals surface area contributed by atoms with Gasteiger partial charge in [-0.1, -0.05) is 42.1 Å². The number of amides is 1. The molecule has 27 heavy (non-hydrogen) atoms. The molecule has 3 rings (SSSR count). The number of carbonyl (C=O) groups is 1. The standard InChI is InChI=1S/C21H22N2O3S/c1-13-11-20(23-18-6-4-3-5-17(13)18)27-12-19(25)22-14(2)21(26)15-7-9-16(24)10-8-15/h3-11,14,21,24,26H,12H2,1-2H3,(H,22,25). The molecule has 140 valence electrons. The Bertz CT molecular complexity index is 944. The summed E-state index contributed by atoms with van der Waals surface area (Å²) in [6.45, 7) is 3.78. The molecular formula is C21H22N2O3S. The molecule has 0 fully saturated rings. The number of nitrogens with one attached hydrogen (secondary N) is 1. The highest BCUT2D eigenvalue weighted by atomic mass is 32.2. The van der Waals surface area contributed by atoms with Crippen molar-refractivity contribution in [2.24, 2.45) is 0 Å². The van der Waals surface area contributed by atoms with Crippen molar-refractivity contribution in [1.82, 2.24) is 10.3 Å². The van der Waals surface area contributed by atoms with Crippen LogP contribution in [0.15, 0.2) is 59.6 Å². The maximum atomic E-state index is 12.3. The Balaban J connectivity index is 1.58. The number of thioether (sulfide) groups is 1. The molecule has 0 saturated carbocycles. The van der Waals surface area contributed by atoms with Gasteiger partial charge in [-0.25, -0.2) is 4.98 Å². The van der Waals surface area contributed by atoms with E-state index < -0.39 is 12.1 Å². The Morgan fingerprint density at radius 1 is 1.19 bits per heavy atom. The Labute approximate surface area is 162 Å². The Morgan fingerprint density at radius 3 is 2.63 bits per heavy atom. The van der Waals surface area contributed by atoms with Crippen LogP contribution in [-0.2, 0) is 4.79 Å². The number of aromatic nitrogens is 1. The predicted molar refractivity (Wildman–Crippen MR) is 108 cm³/mol. The number of aliphatic hydroxyl groups is 1. The Kier molecular flexibility index (Phi) is 5.98. The van der Waals surface area contributed by atoms with Gasteiger partial charge in [0.15, 0.2) is 0 Å². The van der Waals surface area contributed by atoms with Crippen molar-refractivity contribution in [1.29, 1.82) is 0 Å². The summed E-state index contributed by atoms with van der Waals surface area (Å²) >= 11 is 1.37. The van der Waals surface area contributed by atoms with Gasteiger partial charge >= 0.3 is 0 Å².